The zero-order valence-corrected chi connectivity index (χ0v) is 14.6. The highest BCUT2D eigenvalue weighted by molar-refractivity contribution is 5.81. The molecule has 1 unspecified atom stereocenters. The first kappa shape index (κ1) is 17.1. The van der Waals surface area contributed by atoms with Gasteiger partial charge in [0.1, 0.15) is 6.10 Å². The third kappa shape index (κ3) is 3.83. The molecule has 1 aromatic rings. The number of benzene rings is 1. The third-order valence-corrected chi connectivity index (χ3v) is 5.10. The largest absolute Gasteiger partial charge is 0.493 e. The summed E-state index contributed by atoms with van der Waals surface area (Å²) >= 11 is 0. The number of hydrogen-bond acceptors (Lipinski definition) is 4. The number of carbonyl (C=O) groups excluding carboxylic acids is 1. The molecule has 2 aliphatic heterocycles. The van der Waals surface area contributed by atoms with Crippen LogP contribution in [0.25, 0.3) is 0 Å². The van der Waals surface area contributed by atoms with Crippen LogP contribution in [0.3, 0.4) is 0 Å². The highest BCUT2D eigenvalue weighted by atomic mass is 16.5. The summed E-state index contributed by atoms with van der Waals surface area (Å²) in [7, 11) is 3.31. The minimum Gasteiger partial charge on any atom is -0.493 e. The molecule has 0 aromatic heterocycles. The maximum absolute atomic E-state index is 12.4. The topological polar surface area (TPSA) is 48.0 Å². The van der Waals surface area contributed by atoms with Crippen LogP contribution in [0.1, 0.15) is 31.2 Å². The molecule has 0 aliphatic carbocycles. The second-order valence-electron chi connectivity index (χ2n) is 6.66. The summed E-state index contributed by atoms with van der Waals surface area (Å²) in [5.41, 5.74) is 1.26. The van der Waals surface area contributed by atoms with E-state index < -0.39 is 0 Å². The van der Waals surface area contributed by atoms with Gasteiger partial charge < -0.3 is 19.1 Å². The van der Waals surface area contributed by atoms with E-state index in [2.05, 4.69) is 12.1 Å². The van der Waals surface area contributed by atoms with Crippen molar-refractivity contribution in [2.45, 2.75) is 38.2 Å². The average Bonchev–Trinajstić information content (AvgIpc) is 3.16. The molecule has 5 nitrogen and oxygen atoms in total. The van der Waals surface area contributed by atoms with Crippen molar-refractivity contribution in [3.8, 4) is 11.5 Å². The van der Waals surface area contributed by atoms with E-state index in [1.54, 1.807) is 14.2 Å². The number of carbonyl (C=O) groups is 1. The fourth-order valence-electron chi connectivity index (χ4n) is 3.67. The van der Waals surface area contributed by atoms with Gasteiger partial charge in [0, 0.05) is 19.7 Å². The molecule has 2 fully saturated rings. The van der Waals surface area contributed by atoms with E-state index in [-0.39, 0.29) is 12.0 Å². The van der Waals surface area contributed by atoms with Gasteiger partial charge in [-0.2, -0.15) is 0 Å². The smallest absolute Gasteiger partial charge is 0.251 e. The number of likely N-dealkylation sites (tertiary alicyclic amines) is 1. The minimum absolute atomic E-state index is 0.188. The van der Waals surface area contributed by atoms with E-state index in [0.717, 1.165) is 63.3 Å². The highest BCUT2D eigenvalue weighted by Crippen LogP contribution is 2.30. The molecule has 2 saturated heterocycles. The summed E-state index contributed by atoms with van der Waals surface area (Å²) in [6.07, 6.45) is 4.81. The molecule has 2 heterocycles. The molecule has 1 aromatic carbocycles. The van der Waals surface area contributed by atoms with Crippen LogP contribution in [0, 0.1) is 5.92 Å². The second kappa shape index (κ2) is 7.88. The van der Waals surface area contributed by atoms with Gasteiger partial charge in [-0.25, -0.2) is 0 Å². The quantitative estimate of drug-likeness (QED) is 0.831. The molecule has 1 amide bonds. The lowest BCUT2D eigenvalue weighted by Gasteiger charge is -2.33. The van der Waals surface area contributed by atoms with Crippen molar-refractivity contribution in [1.82, 2.24) is 4.90 Å². The van der Waals surface area contributed by atoms with E-state index in [1.807, 2.05) is 11.0 Å². The monoisotopic (exact) mass is 333 g/mol. The zero-order valence-electron chi connectivity index (χ0n) is 14.6. The Labute approximate surface area is 143 Å². The third-order valence-electron chi connectivity index (χ3n) is 5.10. The molecule has 0 bridgehead atoms. The first-order valence-corrected chi connectivity index (χ1v) is 8.82. The van der Waals surface area contributed by atoms with Gasteiger partial charge in [0.05, 0.1) is 14.2 Å². The number of amides is 1. The first-order valence-electron chi connectivity index (χ1n) is 8.82. The Bertz CT molecular complexity index is 560. The van der Waals surface area contributed by atoms with E-state index in [9.17, 15) is 4.79 Å². The van der Waals surface area contributed by atoms with Gasteiger partial charge in [-0.15, -0.1) is 0 Å². The van der Waals surface area contributed by atoms with Crippen molar-refractivity contribution in [1.29, 1.82) is 0 Å². The van der Waals surface area contributed by atoms with Crippen molar-refractivity contribution in [2.24, 2.45) is 5.92 Å². The molecular weight excluding hydrogens is 306 g/mol. The normalized spacial score (nSPS) is 21.8. The number of ether oxygens (including phenoxy) is 3. The second-order valence-corrected chi connectivity index (χ2v) is 6.66. The fourth-order valence-corrected chi connectivity index (χ4v) is 3.67. The molecule has 0 N–H and O–H groups in total. The molecule has 0 spiro atoms. The summed E-state index contributed by atoms with van der Waals surface area (Å²) in [6, 6.07) is 6.12. The Morgan fingerprint density at radius 3 is 2.54 bits per heavy atom. The van der Waals surface area contributed by atoms with E-state index in [1.165, 1.54) is 5.56 Å². The van der Waals surface area contributed by atoms with E-state index >= 15 is 0 Å². The van der Waals surface area contributed by atoms with Gasteiger partial charge >= 0.3 is 0 Å². The molecule has 3 rings (SSSR count). The number of hydrogen-bond donors (Lipinski definition) is 0. The van der Waals surface area contributed by atoms with Crippen LogP contribution in [0.5, 0.6) is 11.5 Å². The lowest BCUT2D eigenvalue weighted by molar-refractivity contribution is -0.142. The molecule has 5 heteroatoms. The van der Waals surface area contributed by atoms with Gasteiger partial charge in [-0.3, -0.25) is 4.79 Å². The molecule has 132 valence electrons. The van der Waals surface area contributed by atoms with Crippen LogP contribution in [0.4, 0.5) is 0 Å². The predicted molar refractivity (Wildman–Crippen MR) is 91.5 cm³/mol. The minimum atomic E-state index is -0.188. The molecule has 0 radical (unpaired) electrons. The lowest BCUT2D eigenvalue weighted by atomic mass is 9.90. The van der Waals surface area contributed by atoms with Crippen molar-refractivity contribution >= 4 is 5.91 Å². The highest BCUT2D eigenvalue weighted by Gasteiger charge is 2.30. The zero-order chi connectivity index (χ0) is 16.9. The van der Waals surface area contributed by atoms with Crippen molar-refractivity contribution in [3.63, 3.8) is 0 Å². The van der Waals surface area contributed by atoms with Gasteiger partial charge in [0.15, 0.2) is 11.5 Å². The predicted octanol–water partition coefficient (Wildman–Crippen LogP) is 2.66. The van der Waals surface area contributed by atoms with Crippen LogP contribution in [0.2, 0.25) is 0 Å². The average molecular weight is 333 g/mol. The van der Waals surface area contributed by atoms with E-state index in [4.69, 9.17) is 14.2 Å². The van der Waals surface area contributed by atoms with Crippen molar-refractivity contribution < 1.29 is 19.0 Å². The van der Waals surface area contributed by atoms with E-state index in [0.29, 0.717) is 5.92 Å². The standard InChI is InChI=1S/C19H27NO4/c1-22-16-6-5-15(13-18(16)23-2)12-14-7-9-20(10-8-14)19(21)17-4-3-11-24-17/h5-6,13-14,17H,3-4,7-12H2,1-2H3. The van der Waals surface area contributed by atoms with Crippen LogP contribution >= 0.6 is 0 Å². The van der Waals surface area contributed by atoms with Gasteiger partial charge in [-0.1, -0.05) is 6.07 Å². The number of methoxy groups -OCH3 is 2. The molecular formula is C19H27NO4. The first-order chi connectivity index (χ1) is 11.7. The van der Waals surface area contributed by atoms with Crippen LogP contribution < -0.4 is 9.47 Å². The summed E-state index contributed by atoms with van der Waals surface area (Å²) in [5, 5.41) is 0. The molecule has 24 heavy (non-hydrogen) atoms. The van der Waals surface area contributed by atoms with Crippen molar-refractivity contribution in [3.05, 3.63) is 23.8 Å². The summed E-state index contributed by atoms with van der Waals surface area (Å²) < 4.78 is 16.2. The summed E-state index contributed by atoms with van der Waals surface area (Å²) in [5.74, 6) is 2.34. The van der Waals surface area contributed by atoms with Gasteiger partial charge in [-0.05, 0) is 55.7 Å². The fraction of sp³-hybridized carbons (Fsp3) is 0.632. The molecule has 0 saturated carbocycles. The number of piperidine rings is 1. The Morgan fingerprint density at radius 2 is 1.92 bits per heavy atom. The lowest BCUT2D eigenvalue weighted by Crippen LogP contribution is -2.44. The number of nitrogens with zero attached hydrogens (tertiary/aromatic N) is 1. The molecule has 1 atom stereocenters. The van der Waals surface area contributed by atoms with Gasteiger partial charge in [0.2, 0.25) is 0 Å². The Balaban J connectivity index is 1.52. The van der Waals surface area contributed by atoms with Gasteiger partial charge in [0.25, 0.3) is 5.91 Å². The Kier molecular flexibility index (Phi) is 5.61. The summed E-state index contributed by atoms with van der Waals surface area (Å²) in [4.78, 5) is 14.4. The molecule has 2 aliphatic rings. The van der Waals surface area contributed by atoms with Crippen molar-refractivity contribution in [2.75, 3.05) is 33.9 Å². The Morgan fingerprint density at radius 1 is 1.17 bits per heavy atom. The SMILES string of the molecule is COc1ccc(CC2CCN(C(=O)C3CCCO3)CC2)cc1OC. The number of rotatable bonds is 5. The Hall–Kier alpha value is -1.75. The van der Waals surface area contributed by atoms with Crippen LogP contribution in [0.15, 0.2) is 18.2 Å². The van der Waals surface area contributed by atoms with Crippen LogP contribution in [-0.2, 0) is 16.0 Å². The maximum Gasteiger partial charge on any atom is 0.251 e. The maximum atomic E-state index is 12.4. The van der Waals surface area contributed by atoms with Crippen LogP contribution in [-0.4, -0.2) is 50.8 Å². The summed E-state index contributed by atoms with van der Waals surface area (Å²) in [6.45, 7) is 2.42.